The van der Waals surface area contributed by atoms with Gasteiger partial charge in [-0.1, -0.05) is 17.7 Å². The Morgan fingerprint density at radius 2 is 2.12 bits per heavy atom. The molecule has 1 amide bonds. The van der Waals surface area contributed by atoms with E-state index in [4.69, 9.17) is 16.7 Å². The van der Waals surface area contributed by atoms with Crippen molar-refractivity contribution in [3.05, 3.63) is 40.9 Å². The van der Waals surface area contributed by atoms with Crippen molar-refractivity contribution in [2.45, 2.75) is 6.92 Å². The zero-order valence-electron chi connectivity index (χ0n) is 8.53. The molecule has 0 radical (unpaired) electrons. The van der Waals surface area contributed by atoms with Gasteiger partial charge < -0.3 is 10.4 Å². The van der Waals surface area contributed by atoms with Crippen LogP contribution in [-0.4, -0.2) is 17.0 Å². The topological polar surface area (TPSA) is 66.4 Å². The number of carbonyl (C=O) groups is 2. The van der Waals surface area contributed by atoms with Crippen molar-refractivity contribution in [3.8, 4) is 0 Å². The molecule has 5 heteroatoms. The minimum absolute atomic E-state index is 0.0778. The summed E-state index contributed by atoms with van der Waals surface area (Å²) < 4.78 is 0. The number of allylic oxidation sites excluding steroid dienone is 1. The second-order valence-electron chi connectivity index (χ2n) is 2.99. The molecule has 0 saturated carbocycles. The smallest absolute Gasteiger partial charge is 0.335 e. The summed E-state index contributed by atoms with van der Waals surface area (Å²) >= 11 is 5.82. The summed E-state index contributed by atoms with van der Waals surface area (Å²) in [7, 11) is 0. The Balaban J connectivity index is 2.91. The first-order valence-electron chi connectivity index (χ1n) is 4.51. The Kier molecular flexibility index (Phi) is 4.08. The molecule has 0 aliphatic rings. The molecule has 1 rings (SSSR count). The number of aromatic carboxylic acids is 1. The van der Waals surface area contributed by atoms with E-state index in [9.17, 15) is 9.59 Å². The SMILES string of the molecule is CC=CC(=O)Nc1ccc(C(=O)O)cc1Cl. The molecule has 0 heterocycles. The lowest BCUT2D eigenvalue weighted by Gasteiger charge is -2.05. The van der Waals surface area contributed by atoms with Crippen molar-refractivity contribution in [2.75, 3.05) is 5.32 Å². The van der Waals surface area contributed by atoms with Crippen LogP contribution in [0.4, 0.5) is 5.69 Å². The number of hydrogen-bond acceptors (Lipinski definition) is 2. The molecule has 0 fully saturated rings. The molecule has 0 atom stereocenters. The van der Waals surface area contributed by atoms with E-state index in [1.807, 2.05) is 0 Å². The fourth-order valence-corrected chi connectivity index (χ4v) is 1.30. The van der Waals surface area contributed by atoms with E-state index in [0.29, 0.717) is 5.69 Å². The molecule has 0 aliphatic heterocycles. The van der Waals surface area contributed by atoms with Gasteiger partial charge in [0.2, 0.25) is 5.91 Å². The highest BCUT2D eigenvalue weighted by atomic mass is 35.5. The molecule has 1 aromatic carbocycles. The van der Waals surface area contributed by atoms with Crippen LogP contribution in [0.1, 0.15) is 17.3 Å². The molecule has 2 N–H and O–H groups in total. The third-order valence-electron chi connectivity index (χ3n) is 1.79. The highest BCUT2D eigenvalue weighted by Gasteiger charge is 2.07. The molecule has 0 bridgehead atoms. The molecule has 84 valence electrons. The van der Waals surface area contributed by atoms with E-state index in [1.165, 1.54) is 24.3 Å². The standard InChI is InChI=1S/C11H10ClNO3/c1-2-3-10(14)13-9-5-4-7(11(15)16)6-8(9)12/h2-6H,1H3,(H,13,14)(H,15,16). The Bertz CT molecular complexity index is 455. The second-order valence-corrected chi connectivity index (χ2v) is 3.40. The van der Waals surface area contributed by atoms with Crippen molar-refractivity contribution in [2.24, 2.45) is 0 Å². The van der Waals surface area contributed by atoms with Gasteiger partial charge in [-0.2, -0.15) is 0 Å². The van der Waals surface area contributed by atoms with Crippen LogP contribution in [0.2, 0.25) is 5.02 Å². The van der Waals surface area contributed by atoms with E-state index in [1.54, 1.807) is 13.0 Å². The number of hydrogen-bond donors (Lipinski definition) is 2. The van der Waals surface area contributed by atoms with Crippen LogP contribution in [0.3, 0.4) is 0 Å². The third kappa shape index (κ3) is 3.10. The molecule has 0 aliphatic carbocycles. The van der Waals surface area contributed by atoms with Crippen LogP contribution in [0, 0.1) is 0 Å². The number of benzene rings is 1. The van der Waals surface area contributed by atoms with Crippen molar-refractivity contribution >= 4 is 29.2 Å². The van der Waals surface area contributed by atoms with Crippen LogP contribution in [0.5, 0.6) is 0 Å². The number of carboxylic acid groups (broad SMARTS) is 1. The van der Waals surface area contributed by atoms with E-state index < -0.39 is 5.97 Å². The van der Waals surface area contributed by atoms with Crippen LogP contribution in [0.15, 0.2) is 30.4 Å². The van der Waals surface area contributed by atoms with Crippen molar-refractivity contribution < 1.29 is 14.7 Å². The van der Waals surface area contributed by atoms with Gasteiger partial charge in [-0.25, -0.2) is 4.79 Å². The number of carbonyl (C=O) groups excluding carboxylic acids is 1. The van der Waals surface area contributed by atoms with Gasteiger partial charge in [-0.05, 0) is 31.2 Å². The minimum atomic E-state index is -1.06. The Hall–Kier alpha value is -1.81. The highest BCUT2D eigenvalue weighted by molar-refractivity contribution is 6.34. The quantitative estimate of drug-likeness (QED) is 0.797. The third-order valence-corrected chi connectivity index (χ3v) is 2.10. The Labute approximate surface area is 97.5 Å². The van der Waals surface area contributed by atoms with Gasteiger partial charge in [-0.3, -0.25) is 4.79 Å². The first kappa shape index (κ1) is 12.3. The van der Waals surface area contributed by atoms with Crippen molar-refractivity contribution in [1.29, 1.82) is 0 Å². The Morgan fingerprint density at radius 3 is 2.62 bits per heavy atom. The zero-order chi connectivity index (χ0) is 12.1. The lowest BCUT2D eigenvalue weighted by molar-refractivity contribution is -0.111. The number of rotatable bonds is 3. The molecular formula is C11H10ClNO3. The Morgan fingerprint density at radius 1 is 1.44 bits per heavy atom. The molecule has 0 unspecified atom stereocenters. The monoisotopic (exact) mass is 239 g/mol. The largest absolute Gasteiger partial charge is 0.478 e. The summed E-state index contributed by atoms with van der Waals surface area (Å²) in [6.45, 7) is 1.72. The average Bonchev–Trinajstić information content (AvgIpc) is 2.21. The minimum Gasteiger partial charge on any atom is -0.478 e. The van der Waals surface area contributed by atoms with E-state index in [-0.39, 0.29) is 16.5 Å². The van der Waals surface area contributed by atoms with Gasteiger partial charge in [0, 0.05) is 0 Å². The predicted molar refractivity (Wildman–Crippen MR) is 61.9 cm³/mol. The molecule has 0 aromatic heterocycles. The first-order chi connectivity index (χ1) is 7.54. The fourth-order valence-electron chi connectivity index (χ4n) is 1.08. The molecule has 4 nitrogen and oxygen atoms in total. The summed E-state index contributed by atoms with van der Waals surface area (Å²) in [5.74, 6) is -1.37. The molecular weight excluding hydrogens is 230 g/mol. The van der Waals surface area contributed by atoms with Gasteiger partial charge >= 0.3 is 5.97 Å². The fraction of sp³-hybridized carbons (Fsp3) is 0.0909. The van der Waals surface area contributed by atoms with E-state index >= 15 is 0 Å². The summed E-state index contributed by atoms with van der Waals surface area (Å²) in [5, 5.41) is 11.4. The average molecular weight is 240 g/mol. The summed E-state index contributed by atoms with van der Waals surface area (Å²) in [6, 6.07) is 4.11. The number of amides is 1. The summed E-state index contributed by atoms with van der Waals surface area (Å²) in [5.41, 5.74) is 0.462. The maximum absolute atomic E-state index is 11.2. The van der Waals surface area contributed by atoms with Gasteiger partial charge in [0.1, 0.15) is 0 Å². The van der Waals surface area contributed by atoms with Gasteiger partial charge in [0.25, 0.3) is 0 Å². The van der Waals surface area contributed by atoms with Crippen LogP contribution >= 0.6 is 11.6 Å². The van der Waals surface area contributed by atoms with Crippen LogP contribution < -0.4 is 5.32 Å². The van der Waals surface area contributed by atoms with Gasteiger partial charge in [-0.15, -0.1) is 0 Å². The molecule has 1 aromatic rings. The number of anilines is 1. The van der Waals surface area contributed by atoms with Crippen LogP contribution in [0.25, 0.3) is 0 Å². The molecule has 0 spiro atoms. The van der Waals surface area contributed by atoms with Crippen molar-refractivity contribution in [3.63, 3.8) is 0 Å². The van der Waals surface area contributed by atoms with Crippen LogP contribution in [-0.2, 0) is 4.79 Å². The zero-order valence-corrected chi connectivity index (χ0v) is 9.28. The van der Waals surface area contributed by atoms with Gasteiger partial charge in [0.15, 0.2) is 0 Å². The first-order valence-corrected chi connectivity index (χ1v) is 4.89. The maximum Gasteiger partial charge on any atom is 0.335 e. The number of carboxylic acids is 1. The van der Waals surface area contributed by atoms with Gasteiger partial charge in [0.05, 0.1) is 16.3 Å². The normalized spacial score (nSPS) is 10.4. The molecule has 0 saturated heterocycles. The van der Waals surface area contributed by atoms with Crippen molar-refractivity contribution in [1.82, 2.24) is 0 Å². The van der Waals surface area contributed by atoms with E-state index in [0.717, 1.165) is 0 Å². The highest BCUT2D eigenvalue weighted by Crippen LogP contribution is 2.23. The summed E-state index contributed by atoms with van der Waals surface area (Å²) in [4.78, 5) is 21.8. The lowest BCUT2D eigenvalue weighted by Crippen LogP contribution is -2.08. The van der Waals surface area contributed by atoms with E-state index in [2.05, 4.69) is 5.32 Å². The summed E-state index contributed by atoms with van der Waals surface area (Å²) in [6.07, 6.45) is 2.94. The number of halogens is 1. The number of nitrogens with one attached hydrogen (secondary N) is 1. The maximum atomic E-state index is 11.2. The predicted octanol–water partition coefficient (Wildman–Crippen LogP) is 2.55. The lowest BCUT2D eigenvalue weighted by atomic mass is 10.2. The second kappa shape index (κ2) is 5.32. The molecule has 16 heavy (non-hydrogen) atoms.